The fourth-order valence-electron chi connectivity index (χ4n) is 8.37. The van der Waals surface area contributed by atoms with Crippen molar-refractivity contribution in [2.75, 3.05) is 9.80 Å². The SMILES string of the molecule is C=CCc1cccc(C2C3=CCC4C(=O)N(c5ccc([N+](=O)[O-])cc5)C(=O)C4C3CC3C(=O)N(c4ccc(F)c(Cl)c4)C(=O)C32C)c1O. The maximum absolute atomic E-state index is 14.6. The van der Waals surface area contributed by atoms with Crippen LogP contribution >= 0.6 is 11.6 Å². The Kier molecular flexibility index (Phi) is 7.35. The number of rotatable bonds is 6. The van der Waals surface area contributed by atoms with Gasteiger partial charge in [0.15, 0.2) is 0 Å². The second-order valence-corrected chi connectivity index (χ2v) is 13.3. The number of aromatic hydroxyl groups is 1. The first-order chi connectivity index (χ1) is 22.9. The summed E-state index contributed by atoms with van der Waals surface area (Å²) in [6.07, 6.45) is 4.07. The fourth-order valence-corrected chi connectivity index (χ4v) is 8.55. The predicted octanol–water partition coefficient (Wildman–Crippen LogP) is 6.26. The number of nitro benzene ring substituents is 1. The lowest BCUT2D eigenvalue weighted by Crippen LogP contribution is -2.49. The van der Waals surface area contributed by atoms with E-state index in [2.05, 4.69) is 6.58 Å². The van der Waals surface area contributed by atoms with Crippen molar-refractivity contribution in [1.29, 1.82) is 0 Å². The number of anilines is 2. The zero-order valence-corrected chi connectivity index (χ0v) is 26.4. The largest absolute Gasteiger partial charge is 0.507 e. The fraction of sp³-hybridized carbons (Fsp3) is 0.278. The summed E-state index contributed by atoms with van der Waals surface area (Å²) in [7, 11) is 0. The third-order valence-corrected chi connectivity index (χ3v) is 10.9. The van der Waals surface area contributed by atoms with Crippen LogP contribution < -0.4 is 9.80 Å². The number of phenols is 1. The highest BCUT2D eigenvalue weighted by molar-refractivity contribution is 6.32. The van der Waals surface area contributed by atoms with Gasteiger partial charge in [0.1, 0.15) is 11.6 Å². The van der Waals surface area contributed by atoms with Gasteiger partial charge in [0, 0.05) is 23.6 Å². The number of amides is 4. The molecule has 3 aromatic carbocycles. The van der Waals surface area contributed by atoms with Crippen LogP contribution in [0.25, 0.3) is 0 Å². The number of carbonyl (C=O) groups excluding carboxylic acids is 4. The molecule has 244 valence electrons. The molecule has 7 rings (SSSR count). The summed E-state index contributed by atoms with van der Waals surface area (Å²) in [4.78, 5) is 69.6. The lowest BCUT2D eigenvalue weighted by atomic mass is 9.51. The second kappa shape index (κ2) is 11.2. The third kappa shape index (κ3) is 4.37. The van der Waals surface area contributed by atoms with E-state index in [-0.39, 0.29) is 40.7 Å². The molecule has 10 nitrogen and oxygen atoms in total. The molecule has 1 N–H and O–H groups in total. The zero-order chi connectivity index (χ0) is 34.2. The Balaban J connectivity index is 1.37. The van der Waals surface area contributed by atoms with Gasteiger partial charge in [-0.1, -0.05) is 47.5 Å². The number of allylic oxidation sites excluding steroid dienone is 3. The summed E-state index contributed by atoms with van der Waals surface area (Å²) in [5.74, 6) is -6.95. The molecule has 4 aliphatic rings. The average molecular weight is 670 g/mol. The van der Waals surface area contributed by atoms with E-state index in [1.807, 2.05) is 6.08 Å². The molecule has 4 amide bonds. The van der Waals surface area contributed by atoms with E-state index in [0.29, 0.717) is 23.1 Å². The van der Waals surface area contributed by atoms with Crippen LogP contribution in [0.2, 0.25) is 5.02 Å². The Labute approximate surface area is 279 Å². The molecule has 0 bridgehead atoms. The Morgan fingerprint density at radius 2 is 1.73 bits per heavy atom. The lowest BCUT2D eigenvalue weighted by molar-refractivity contribution is -0.384. The number of hydrogen-bond donors (Lipinski definition) is 1. The number of non-ortho nitro benzene ring substituents is 1. The molecule has 1 saturated carbocycles. The molecule has 0 spiro atoms. The number of phenolic OH excluding ortho intramolecular Hbond substituents is 1. The molecule has 6 unspecified atom stereocenters. The van der Waals surface area contributed by atoms with Crippen molar-refractivity contribution >= 4 is 52.3 Å². The van der Waals surface area contributed by atoms with Crippen molar-refractivity contribution in [1.82, 2.24) is 0 Å². The first-order valence-electron chi connectivity index (χ1n) is 15.5. The minimum atomic E-state index is -1.43. The molecule has 2 aliphatic carbocycles. The summed E-state index contributed by atoms with van der Waals surface area (Å²) >= 11 is 6.06. The smallest absolute Gasteiger partial charge is 0.269 e. The van der Waals surface area contributed by atoms with E-state index in [0.717, 1.165) is 15.9 Å². The lowest BCUT2D eigenvalue weighted by Gasteiger charge is -2.49. The Morgan fingerprint density at radius 1 is 1.02 bits per heavy atom. The molecule has 48 heavy (non-hydrogen) atoms. The van der Waals surface area contributed by atoms with E-state index >= 15 is 0 Å². The Bertz CT molecular complexity index is 2000. The number of fused-ring (bicyclic) bond motifs is 4. The van der Waals surface area contributed by atoms with Crippen molar-refractivity contribution in [3.05, 3.63) is 117 Å². The number of halogens is 2. The van der Waals surface area contributed by atoms with Crippen molar-refractivity contribution in [2.45, 2.75) is 32.1 Å². The van der Waals surface area contributed by atoms with Crippen molar-refractivity contribution in [3.8, 4) is 5.75 Å². The van der Waals surface area contributed by atoms with Crippen LogP contribution in [0.4, 0.5) is 21.5 Å². The molecule has 3 aromatic rings. The molecule has 2 saturated heterocycles. The Hall–Kier alpha value is -5.16. The first kappa shape index (κ1) is 31.4. The number of nitro groups is 1. The first-order valence-corrected chi connectivity index (χ1v) is 15.8. The number of para-hydroxylation sites is 1. The Morgan fingerprint density at radius 3 is 2.40 bits per heavy atom. The quantitative estimate of drug-likeness (QED) is 0.142. The standard InChI is InChI=1S/C36H29ClFN3O7/c1-3-5-18-6-4-7-24(31(18)42)30-22-13-14-23-29(34(45)39(32(23)43)19-8-10-20(11-9-19)41(47)48)25(22)17-26-33(44)40(35(46)36(26,30)2)21-12-15-28(38)27(37)16-21/h3-4,6-13,15-16,23,25-26,29-30,42H,1,5,14,17H2,2H3. The molecule has 12 heteroatoms. The minimum Gasteiger partial charge on any atom is -0.507 e. The number of hydrogen-bond acceptors (Lipinski definition) is 7. The van der Waals surface area contributed by atoms with Crippen LogP contribution in [0, 0.1) is 45.0 Å². The van der Waals surface area contributed by atoms with Gasteiger partial charge in [-0.05, 0) is 68.0 Å². The van der Waals surface area contributed by atoms with Crippen LogP contribution in [0.15, 0.2) is 85.0 Å². The summed E-state index contributed by atoms with van der Waals surface area (Å²) in [6, 6.07) is 13.9. The number of benzene rings is 3. The van der Waals surface area contributed by atoms with Crippen LogP contribution in [0.1, 0.15) is 36.8 Å². The molecule has 0 radical (unpaired) electrons. The highest BCUT2D eigenvalue weighted by Gasteiger charge is 2.68. The van der Waals surface area contributed by atoms with Gasteiger partial charge in [-0.3, -0.25) is 34.2 Å². The van der Waals surface area contributed by atoms with E-state index in [9.17, 15) is 38.8 Å². The maximum Gasteiger partial charge on any atom is 0.269 e. The van der Waals surface area contributed by atoms with Gasteiger partial charge in [0.25, 0.3) is 5.69 Å². The number of imide groups is 2. The molecular formula is C36H29ClFN3O7. The van der Waals surface area contributed by atoms with Crippen molar-refractivity contribution < 1.29 is 33.6 Å². The van der Waals surface area contributed by atoms with Gasteiger partial charge in [-0.25, -0.2) is 9.29 Å². The normalized spacial score (nSPS) is 27.8. The molecule has 6 atom stereocenters. The molecule has 3 fully saturated rings. The second-order valence-electron chi connectivity index (χ2n) is 12.9. The predicted molar refractivity (Wildman–Crippen MR) is 174 cm³/mol. The van der Waals surface area contributed by atoms with Gasteiger partial charge in [-0.2, -0.15) is 0 Å². The van der Waals surface area contributed by atoms with E-state index in [1.165, 1.54) is 36.4 Å². The zero-order valence-electron chi connectivity index (χ0n) is 25.6. The topological polar surface area (TPSA) is 138 Å². The highest BCUT2D eigenvalue weighted by atomic mass is 35.5. The minimum absolute atomic E-state index is 0.0593. The van der Waals surface area contributed by atoms with Crippen molar-refractivity contribution in [2.24, 2.45) is 29.1 Å². The maximum atomic E-state index is 14.6. The molecule has 0 aromatic heterocycles. The summed E-state index contributed by atoms with van der Waals surface area (Å²) in [5, 5.41) is 22.6. The summed E-state index contributed by atoms with van der Waals surface area (Å²) in [6.45, 7) is 5.46. The third-order valence-electron chi connectivity index (χ3n) is 10.6. The van der Waals surface area contributed by atoms with Gasteiger partial charge < -0.3 is 5.11 Å². The molecule has 2 aliphatic heterocycles. The molecular weight excluding hydrogens is 641 g/mol. The monoisotopic (exact) mass is 669 g/mol. The average Bonchev–Trinajstić information content (AvgIpc) is 3.43. The van der Waals surface area contributed by atoms with Gasteiger partial charge in [-0.15, -0.1) is 6.58 Å². The van der Waals surface area contributed by atoms with E-state index in [1.54, 1.807) is 31.2 Å². The number of carbonyl (C=O) groups is 4. The summed E-state index contributed by atoms with van der Waals surface area (Å²) < 4.78 is 14.1. The van der Waals surface area contributed by atoms with E-state index < -0.39 is 69.4 Å². The van der Waals surface area contributed by atoms with Crippen molar-refractivity contribution in [3.63, 3.8) is 0 Å². The van der Waals surface area contributed by atoms with Crippen LogP contribution in [0.3, 0.4) is 0 Å². The summed E-state index contributed by atoms with van der Waals surface area (Å²) in [5.41, 5.74) is 0.319. The van der Waals surface area contributed by atoms with Gasteiger partial charge >= 0.3 is 0 Å². The van der Waals surface area contributed by atoms with E-state index in [4.69, 9.17) is 11.6 Å². The molecule has 2 heterocycles. The van der Waals surface area contributed by atoms with Crippen LogP contribution in [0.5, 0.6) is 5.75 Å². The van der Waals surface area contributed by atoms with Gasteiger partial charge in [0.05, 0.1) is 44.5 Å². The van der Waals surface area contributed by atoms with Crippen LogP contribution in [-0.2, 0) is 25.6 Å². The van der Waals surface area contributed by atoms with Crippen LogP contribution in [-0.4, -0.2) is 33.7 Å². The van der Waals surface area contributed by atoms with Gasteiger partial charge in [0.2, 0.25) is 23.6 Å². The number of nitrogens with zero attached hydrogens (tertiary/aromatic N) is 3. The highest BCUT2D eigenvalue weighted by Crippen LogP contribution is 2.64.